The van der Waals surface area contributed by atoms with Crippen molar-refractivity contribution in [1.29, 1.82) is 0 Å². The molecule has 0 spiro atoms. The van der Waals surface area contributed by atoms with Gasteiger partial charge in [-0.2, -0.15) is 0 Å². The van der Waals surface area contributed by atoms with Crippen LogP contribution in [0, 0.1) is 0 Å². The van der Waals surface area contributed by atoms with Gasteiger partial charge in [-0.15, -0.1) is 0 Å². The van der Waals surface area contributed by atoms with E-state index in [1.807, 2.05) is 36.4 Å². The molecule has 0 bridgehead atoms. The molecule has 1 amide bonds. The van der Waals surface area contributed by atoms with Gasteiger partial charge < -0.3 is 19.5 Å². The number of ether oxygens (including phenoxy) is 3. The molecule has 1 heterocycles. The molecule has 31 heavy (non-hydrogen) atoms. The molecule has 0 aliphatic carbocycles. The van der Waals surface area contributed by atoms with Crippen LogP contribution >= 0.6 is 0 Å². The highest BCUT2D eigenvalue weighted by molar-refractivity contribution is 5.94. The smallest absolute Gasteiger partial charge is 0.331 e. The van der Waals surface area contributed by atoms with Gasteiger partial charge in [-0.25, -0.2) is 4.79 Å². The van der Waals surface area contributed by atoms with E-state index in [1.54, 1.807) is 38.6 Å². The number of pyridine rings is 1. The van der Waals surface area contributed by atoms with Crippen molar-refractivity contribution in [3.05, 3.63) is 71.9 Å². The first-order valence-electron chi connectivity index (χ1n) is 9.73. The third kappa shape index (κ3) is 5.60. The zero-order chi connectivity index (χ0) is 22.2. The molecule has 1 N–H and O–H groups in total. The summed E-state index contributed by atoms with van der Waals surface area (Å²) in [7, 11) is 3.10. The molecule has 3 rings (SSSR count). The topological polar surface area (TPSA) is 86.8 Å². The van der Waals surface area contributed by atoms with Crippen molar-refractivity contribution in [3.63, 3.8) is 0 Å². The first-order valence-corrected chi connectivity index (χ1v) is 9.73. The Hall–Kier alpha value is -3.87. The van der Waals surface area contributed by atoms with Crippen LogP contribution in [0.25, 0.3) is 17.0 Å². The molecular weight excluding hydrogens is 396 g/mol. The van der Waals surface area contributed by atoms with Crippen molar-refractivity contribution in [1.82, 2.24) is 10.3 Å². The Labute approximate surface area is 180 Å². The third-order valence-corrected chi connectivity index (χ3v) is 4.64. The summed E-state index contributed by atoms with van der Waals surface area (Å²) in [4.78, 5) is 28.8. The lowest BCUT2D eigenvalue weighted by atomic mass is 10.1. The number of hydrogen-bond donors (Lipinski definition) is 1. The highest BCUT2D eigenvalue weighted by Crippen LogP contribution is 2.27. The van der Waals surface area contributed by atoms with Crippen molar-refractivity contribution in [2.45, 2.75) is 19.6 Å². The van der Waals surface area contributed by atoms with Crippen LogP contribution in [0.2, 0.25) is 0 Å². The van der Waals surface area contributed by atoms with Crippen LogP contribution in [-0.2, 0) is 20.9 Å². The van der Waals surface area contributed by atoms with E-state index >= 15 is 0 Å². The summed E-state index contributed by atoms with van der Waals surface area (Å²) in [6, 6.07) is 14.8. The minimum Gasteiger partial charge on any atom is -0.493 e. The Morgan fingerprint density at radius 1 is 1.06 bits per heavy atom. The molecule has 160 valence electrons. The van der Waals surface area contributed by atoms with Crippen molar-refractivity contribution < 1.29 is 23.8 Å². The second-order valence-corrected chi connectivity index (χ2v) is 6.74. The van der Waals surface area contributed by atoms with Gasteiger partial charge in [0.25, 0.3) is 5.91 Å². The van der Waals surface area contributed by atoms with Gasteiger partial charge in [0.15, 0.2) is 17.6 Å². The van der Waals surface area contributed by atoms with Crippen LogP contribution in [0.15, 0.2) is 60.8 Å². The summed E-state index contributed by atoms with van der Waals surface area (Å²) >= 11 is 0. The average Bonchev–Trinajstić information content (AvgIpc) is 2.80. The summed E-state index contributed by atoms with van der Waals surface area (Å²) in [6.45, 7) is 1.79. The molecule has 7 nitrogen and oxygen atoms in total. The lowest BCUT2D eigenvalue weighted by Gasteiger charge is -2.13. The first-order chi connectivity index (χ1) is 15.0. The molecular formula is C24H24N2O5. The SMILES string of the molecule is COc1ccc(CNC(=O)[C@H](C)OC(=O)/C=C\c2cccc3cccnc23)cc1OC. The number of hydrogen-bond acceptors (Lipinski definition) is 6. The standard InChI is InChI=1S/C24H24N2O5/c1-16(24(28)26-15-17-9-11-20(29-2)21(14-17)30-3)31-22(27)12-10-19-7-4-6-18-8-5-13-25-23(18)19/h4-14,16H,15H2,1-3H3,(H,26,28)/b12-10-/t16-/m0/s1. The monoisotopic (exact) mass is 420 g/mol. The van der Waals surface area contributed by atoms with Crippen LogP contribution in [0.5, 0.6) is 11.5 Å². The largest absolute Gasteiger partial charge is 0.493 e. The summed E-state index contributed by atoms with van der Waals surface area (Å²) < 4.78 is 15.7. The van der Waals surface area contributed by atoms with Crippen molar-refractivity contribution in [2.75, 3.05) is 14.2 Å². The maximum absolute atomic E-state index is 12.3. The van der Waals surface area contributed by atoms with Crippen LogP contribution in [0.3, 0.4) is 0 Å². The number of carbonyl (C=O) groups excluding carboxylic acids is 2. The van der Waals surface area contributed by atoms with Gasteiger partial charge in [-0.3, -0.25) is 9.78 Å². The normalized spacial score (nSPS) is 11.8. The maximum atomic E-state index is 12.3. The fourth-order valence-corrected chi connectivity index (χ4v) is 3.01. The quantitative estimate of drug-likeness (QED) is 0.443. The average molecular weight is 420 g/mol. The molecule has 2 aromatic carbocycles. The molecule has 0 unspecified atom stereocenters. The zero-order valence-corrected chi connectivity index (χ0v) is 17.6. The summed E-state index contributed by atoms with van der Waals surface area (Å²) in [6.07, 6.45) is 3.68. The highest BCUT2D eigenvalue weighted by atomic mass is 16.5. The van der Waals surface area contributed by atoms with E-state index in [0.29, 0.717) is 11.5 Å². The van der Waals surface area contributed by atoms with Gasteiger partial charge >= 0.3 is 5.97 Å². The van der Waals surface area contributed by atoms with Crippen LogP contribution in [-0.4, -0.2) is 37.2 Å². The number of fused-ring (bicyclic) bond motifs is 1. The Morgan fingerprint density at radius 2 is 1.84 bits per heavy atom. The molecule has 1 aromatic heterocycles. The molecule has 0 aliphatic rings. The predicted octanol–water partition coefficient (Wildman–Crippen LogP) is 3.51. The number of rotatable bonds is 8. The Bertz CT molecular complexity index is 1100. The van der Waals surface area contributed by atoms with E-state index in [0.717, 1.165) is 22.0 Å². The van der Waals surface area contributed by atoms with Gasteiger partial charge in [0.2, 0.25) is 0 Å². The van der Waals surface area contributed by atoms with E-state index in [4.69, 9.17) is 14.2 Å². The van der Waals surface area contributed by atoms with E-state index in [2.05, 4.69) is 10.3 Å². The fourth-order valence-electron chi connectivity index (χ4n) is 3.01. The number of benzene rings is 2. The number of nitrogens with one attached hydrogen (secondary N) is 1. The molecule has 1 atom stereocenters. The Morgan fingerprint density at radius 3 is 2.61 bits per heavy atom. The minimum atomic E-state index is -0.942. The summed E-state index contributed by atoms with van der Waals surface area (Å²) in [5.41, 5.74) is 2.41. The van der Waals surface area contributed by atoms with Crippen LogP contribution < -0.4 is 14.8 Å². The van der Waals surface area contributed by atoms with Gasteiger partial charge in [0, 0.05) is 29.8 Å². The van der Waals surface area contributed by atoms with Crippen LogP contribution in [0.1, 0.15) is 18.1 Å². The van der Waals surface area contributed by atoms with E-state index < -0.39 is 18.0 Å². The fraction of sp³-hybridized carbons (Fsp3) is 0.208. The number of nitrogens with zero attached hydrogens (tertiary/aromatic N) is 1. The molecule has 3 aromatic rings. The summed E-state index contributed by atoms with van der Waals surface area (Å²) in [5.74, 6) is 0.167. The molecule has 0 radical (unpaired) electrons. The molecule has 0 aliphatic heterocycles. The number of para-hydroxylation sites is 1. The maximum Gasteiger partial charge on any atom is 0.331 e. The lowest BCUT2D eigenvalue weighted by molar-refractivity contribution is -0.150. The second-order valence-electron chi connectivity index (χ2n) is 6.74. The van der Waals surface area contributed by atoms with E-state index in [9.17, 15) is 9.59 Å². The van der Waals surface area contributed by atoms with Gasteiger partial charge in [-0.1, -0.05) is 30.3 Å². The third-order valence-electron chi connectivity index (χ3n) is 4.64. The summed E-state index contributed by atoms with van der Waals surface area (Å²) in [5, 5.41) is 3.72. The molecule has 0 fully saturated rings. The lowest BCUT2D eigenvalue weighted by Crippen LogP contribution is -2.35. The van der Waals surface area contributed by atoms with Gasteiger partial charge in [0.05, 0.1) is 19.7 Å². The number of esters is 1. The molecule has 0 saturated heterocycles. The number of methoxy groups -OCH3 is 2. The highest BCUT2D eigenvalue weighted by Gasteiger charge is 2.16. The van der Waals surface area contributed by atoms with Gasteiger partial charge in [0.1, 0.15) is 0 Å². The number of amides is 1. The minimum absolute atomic E-state index is 0.262. The Kier molecular flexibility index (Phi) is 7.22. The van der Waals surface area contributed by atoms with Gasteiger partial charge in [-0.05, 0) is 36.8 Å². The number of carbonyl (C=O) groups is 2. The van der Waals surface area contributed by atoms with E-state index in [-0.39, 0.29) is 6.54 Å². The van der Waals surface area contributed by atoms with Crippen LogP contribution in [0.4, 0.5) is 0 Å². The van der Waals surface area contributed by atoms with Crippen molar-refractivity contribution in [2.24, 2.45) is 0 Å². The molecule has 7 heteroatoms. The first kappa shape index (κ1) is 21.8. The van der Waals surface area contributed by atoms with Crippen molar-refractivity contribution in [3.8, 4) is 11.5 Å². The Balaban J connectivity index is 1.55. The van der Waals surface area contributed by atoms with E-state index in [1.165, 1.54) is 13.0 Å². The predicted molar refractivity (Wildman–Crippen MR) is 118 cm³/mol. The number of aromatic nitrogens is 1. The second kappa shape index (κ2) is 10.2. The molecule has 0 saturated carbocycles. The zero-order valence-electron chi connectivity index (χ0n) is 17.6. The van der Waals surface area contributed by atoms with Crippen molar-refractivity contribution >= 4 is 28.9 Å².